The molecule has 0 aliphatic carbocycles. The molecule has 2 aliphatic rings. The number of halogens is 1. The van der Waals surface area contributed by atoms with E-state index in [0.29, 0.717) is 17.1 Å². The number of benzene rings is 1. The van der Waals surface area contributed by atoms with Gasteiger partial charge in [-0.15, -0.1) is 12.4 Å². The van der Waals surface area contributed by atoms with Gasteiger partial charge in [0.15, 0.2) is 11.5 Å². The van der Waals surface area contributed by atoms with Crippen LogP contribution in [-0.2, 0) is 0 Å². The number of rotatable bonds is 5. The average molecular weight is 384 g/mol. The Balaban J connectivity index is 0.00000243. The standard InChI is InChI=1S/C19H29N3O3.ClH/c1-24-17-5-3-4-16(18(17)25-2)19(23)22-12-10-21(11-13-22)14-15-6-8-20-9-7-15;/h3-5,15,20H,6-14H2,1-2H3;1H. The normalized spacial score (nSPS) is 18.9. The Hall–Kier alpha value is -1.50. The molecule has 0 saturated carbocycles. The van der Waals surface area contributed by atoms with E-state index in [1.165, 1.54) is 12.8 Å². The molecule has 0 spiro atoms. The van der Waals surface area contributed by atoms with Crippen LogP contribution in [0, 0.1) is 5.92 Å². The highest BCUT2D eigenvalue weighted by Crippen LogP contribution is 2.31. The van der Waals surface area contributed by atoms with E-state index in [-0.39, 0.29) is 18.3 Å². The molecule has 2 aliphatic heterocycles. The first-order valence-electron chi connectivity index (χ1n) is 9.16. The minimum atomic E-state index is 0. The zero-order valence-electron chi connectivity index (χ0n) is 15.7. The van der Waals surface area contributed by atoms with Crippen LogP contribution in [0.25, 0.3) is 0 Å². The first-order valence-corrected chi connectivity index (χ1v) is 9.16. The van der Waals surface area contributed by atoms with E-state index in [2.05, 4.69) is 10.2 Å². The van der Waals surface area contributed by atoms with E-state index < -0.39 is 0 Å². The molecule has 7 heteroatoms. The summed E-state index contributed by atoms with van der Waals surface area (Å²) in [5.41, 5.74) is 0.577. The topological polar surface area (TPSA) is 54.0 Å². The van der Waals surface area contributed by atoms with Crippen molar-refractivity contribution in [3.63, 3.8) is 0 Å². The lowest BCUT2D eigenvalue weighted by atomic mass is 9.97. The van der Waals surface area contributed by atoms with Crippen molar-refractivity contribution in [2.45, 2.75) is 12.8 Å². The molecule has 2 heterocycles. The van der Waals surface area contributed by atoms with Crippen molar-refractivity contribution in [1.29, 1.82) is 0 Å². The Kier molecular flexibility index (Phi) is 8.00. The van der Waals surface area contributed by atoms with Crippen LogP contribution in [0.2, 0.25) is 0 Å². The second kappa shape index (κ2) is 10.00. The minimum Gasteiger partial charge on any atom is -0.493 e. The summed E-state index contributed by atoms with van der Waals surface area (Å²) >= 11 is 0. The number of hydrogen-bond acceptors (Lipinski definition) is 5. The average Bonchev–Trinajstić information content (AvgIpc) is 2.68. The van der Waals surface area contributed by atoms with Crippen LogP contribution < -0.4 is 14.8 Å². The molecule has 0 aromatic heterocycles. The highest BCUT2D eigenvalue weighted by atomic mass is 35.5. The van der Waals surface area contributed by atoms with Gasteiger partial charge in [0, 0.05) is 32.7 Å². The summed E-state index contributed by atoms with van der Waals surface area (Å²) in [6.45, 7) is 6.86. The molecular weight excluding hydrogens is 354 g/mol. The lowest BCUT2D eigenvalue weighted by molar-refractivity contribution is 0.0605. The Morgan fingerprint density at radius 1 is 1.12 bits per heavy atom. The summed E-state index contributed by atoms with van der Waals surface area (Å²) in [5, 5.41) is 3.42. The molecule has 0 atom stereocenters. The summed E-state index contributed by atoms with van der Waals surface area (Å²) in [5.74, 6) is 1.93. The molecule has 1 amide bonds. The van der Waals surface area contributed by atoms with Crippen LogP contribution >= 0.6 is 12.4 Å². The second-order valence-electron chi connectivity index (χ2n) is 6.83. The van der Waals surface area contributed by atoms with Crippen LogP contribution in [0.5, 0.6) is 11.5 Å². The SMILES string of the molecule is COc1cccc(C(=O)N2CCN(CC3CCNCC3)CC2)c1OC.Cl. The van der Waals surface area contributed by atoms with Gasteiger partial charge in [-0.1, -0.05) is 6.07 Å². The van der Waals surface area contributed by atoms with E-state index in [9.17, 15) is 4.79 Å². The predicted molar refractivity (Wildman–Crippen MR) is 105 cm³/mol. The number of piperazine rings is 1. The third-order valence-electron chi connectivity index (χ3n) is 5.27. The monoisotopic (exact) mass is 383 g/mol. The first-order chi connectivity index (χ1) is 12.2. The van der Waals surface area contributed by atoms with Crippen molar-refractivity contribution < 1.29 is 14.3 Å². The summed E-state index contributed by atoms with van der Waals surface area (Å²) in [4.78, 5) is 17.3. The van der Waals surface area contributed by atoms with Crippen molar-refractivity contribution in [1.82, 2.24) is 15.1 Å². The number of para-hydroxylation sites is 1. The molecule has 1 aromatic rings. The van der Waals surface area contributed by atoms with Crippen LogP contribution in [0.1, 0.15) is 23.2 Å². The lowest BCUT2D eigenvalue weighted by Crippen LogP contribution is -2.50. The first kappa shape index (κ1) is 20.8. The van der Waals surface area contributed by atoms with Crippen molar-refractivity contribution >= 4 is 18.3 Å². The number of carbonyl (C=O) groups is 1. The van der Waals surface area contributed by atoms with Gasteiger partial charge in [-0.05, 0) is 44.0 Å². The van der Waals surface area contributed by atoms with Crippen LogP contribution in [0.4, 0.5) is 0 Å². The molecule has 6 nitrogen and oxygen atoms in total. The van der Waals surface area contributed by atoms with Gasteiger partial charge >= 0.3 is 0 Å². The maximum atomic E-state index is 12.9. The van der Waals surface area contributed by atoms with Gasteiger partial charge in [-0.25, -0.2) is 0 Å². The van der Waals surface area contributed by atoms with Crippen molar-refractivity contribution in [3.05, 3.63) is 23.8 Å². The number of piperidine rings is 1. The van der Waals surface area contributed by atoms with Gasteiger partial charge < -0.3 is 19.7 Å². The van der Waals surface area contributed by atoms with E-state index in [1.54, 1.807) is 14.2 Å². The highest BCUT2D eigenvalue weighted by molar-refractivity contribution is 5.97. The lowest BCUT2D eigenvalue weighted by Gasteiger charge is -2.37. The number of ether oxygens (including phenoxy) is 2. The van der Waals surface area contributed by atoms with E-state index >= 15 is 0 Å². The van der Waals surface area contributed by atoms with E-state index in [4.69, 9.17) is 9.47 Å². The second-order valence-corrected chi connectivity index (χ2v) is 6.83. The summed E-state index contributed by atoms with van der Waals surface area (Å²) in [6.07, 6.45) is 2.53. The van der Waals surface area contributed by atoms with Crippen LogP contribution in [-0.4, -0.2) is 75.7 Å². The van der Waals surface area contributed by atoms with Gasteiger partial charge in [0.2, 0.25) is 0 Å². The molecule has 146 valence electrons. The molecular formula is C19H30ClN3O3. The summed E-state index contributed by atoms with van der Waals surface area (Å²) < 4.78 is 10.7. The fourth-order valence-corrected chi connectivity index (χ4v) is 3.79. The van der Waals surface area contributed by atoms with Crippen LogP contribution in [0.15, 0.2) is 18.2 Å². The quantitative estimate of drug-likeness (QED) is 0.841. The van der Waals surface area contributed by atoms with Gasteiger partial charge in [-0.3, -0.25) is 9.69 Å². The van der Waals surface area contributed by atoms with Crippen molar-refractivity contribution in [2.75, 3.05) is 60.0 Å². The van der Waals surface area contributed by atoms with Gasteiger partial charge in [0.1, 0.15) is 0 Å². The maximum absolute atomic E-state index is 12.9. The summed E-state index contributed by atoms with van der Waals surface area (Å²) in [6, 6.07) is 5.46. The number of methoxy groups -OCH3 is 2. The molecule has 1 N–H and O–H groups in total. The Labute approximate surface area is 162 Å². The minimum absolute atomic E-state index is 0. The predicted octanol–water partition coefficient (Wildman–Crippen LogP) is 1.88. The Bertz CT molecular complexity index is 585. The third kappa shape index (κ3) is 4.81. The summed E-state index contributed by atoms with van der Waals surface area (Å²) in [7, 11) is 3.16. The van der Waals surface area contributed by atoms with E-state index in [0.717, 1.165) is 51.7 Å². The van der Waals surface area contributed by atoms with Gasteiger partial charge in [0.05, 0.1) is 19.8 Å². The Morgan fingerprint density at radius 2 is 1.81 bits per heavy atom. The largest absolute Gasteiger partial charge is 0.493 e. The van der Waals surface area contributed by atoms with Crippen molar-refractivity contribution in [2.24, 2.45) is 5.92 Å². The fraction of sp³-hybridized carbons (Fsp3) is 0.632. The zero-order valence-corrected chi connectivity index (χ0v) is 16.5. The number of nitrogens with one attached hydrogen (secondary N) is 1. The van der Waals surface area contributed by atoms with E-state index in [1.807, 2.05) is 23.1 Å². The molecule has 0 bridgehead atoms. The molecule has 3 rings (SSSR count). The molecule has 2 fully saturated rings. The highest BCUT2D eigenvalue weighted by Gasteiger charge is 2.26. The molecule has 1 aromatic carbocycles. The third-order valence-corrected chi connectivity index (χ3v) is 5.27. The Morgan fingerprint density at radius 3 is 2.42 bits per heavy atom. The fourth-order valence-electron chi connectivity index (χ4n) is 3.79. The molecule has 0 unspecified atom stereocenters. The number of carbonyl (C=O) groups excluding carboxylic acids is 1. The van der Waals surface area contributed by atoms with Gasteiger partial charge in [0.25, 0.3) is 5.91 Å². The molecule has 0 radical (unpaired) electrons. The number of amides is 1. The van der Waals surface area contributed by atoms with Crippen molar-refractivity contribution in [3.8, 4) is 11.5 Å². The number of nitrogens with zero attached hydrogens (tertiary/aromatic N) is 2. The van der Waals surface area contributed by atoms with Gasteiger partial charge in [-0.2, -0.15) is 0 Å². The number of hydrogen-bond donors (Lipinski definition) is 1. The molecule has 26 heavy (non-hydrogen) atoms. The van der Waals surface area contributed by atoms with Crippen LogP contribution in [0.3, 0.4) is 0 Å². The zero-order chi connectivity index (χ0) is 17.6. The molecule has 2 saturated heterocycles. The maximum Gasteiger partial charge on any atom is 0.257 e. The smallest absolute Gasteiger partial charge is 0.257 e.